The fourth-order valence-corrected chi connectivity index (χ4v) is 5.20. The van der Waals surface area contributed by atoms with Gasteiger partial charge in [0.1, 0.15) is 18.1 Å². The van der Waals surface area contributed by atoms with E-state index >= 15 is 0 Å². The average Bonchev–Trinajstić information content (AvgIpc) is 3.53. The van der Waals surface area contributed by atoms with Crippen molar-refractivity contribution >= 4 is 5.82 Å². The van der Waals surface area contributed by atoms with Crippen LogP contribution in [-0.2, 0) is 24.1 Å². The molecule has 2 atom stereocenters. The van der Waals surface area contributed by atoms with Gasteiger partial charge in [-0.25, -0.2) is 13.6 Å². The topological polar surface area (TPSA) is 87.9 Å². The van der Waals surface area contributed by atoms with Crippen molar-refractivity contribution in [2.75, 3.05) is 25.2 Å². The van der Waals surface area contributed by atoms with Crippen molar-refractivity contribution < 1.29 is 40.9 Å². The van der Waals surface area contributed by atoms with Crippen LogP contribution in [0.5, 0.6) is 23.1 Å². The lowest BCUT2D eigenvalue weighted by atomic mass is 10.0. The summed E-state index contributed by atoms with van der Waals surface area (Å²) in [6.07, 6.45) is -3.11. The first-order valence-corrected chi connectivity index (χ1v) is 11.5. The Morgan fingerprint density at radius 1 is 1.18 bits per heavy atom. The van der Waals surface area contributed by atoms with E-state index in [-0.39, 0.29) is 35.4 Å². The van der Waals surface area contributed by atoms with Crippen LogP contribution < -0.4 is 24.8 Å². The molecular weight excluding hydrogens is 519 g/mol. The smallest absolute Gasteiger partial charge is 0.433 e. The molecule has 2 aromatic heterocycles. The Labute approximate surface area is 211 Å². The Kier molecular flexibility index (Phi) is 5.49. The van der Waals surface area contributed by atoms with Gasteiger partial charge in [0, 0.05) is 25.2 Å². The number of fused-ring (bicyclic) bond motifs is 3. The van der Waals surface area contributed by atoms with Crippen LogP contribution in [0, 0.1) is 11.6 Å². The Morgan fingerprint density at radius 2 is 1.95 bits per heavy atom. The first-order valence-electron chi connectivity index (χ1n) is 11.5. The van der Waals surface area contributed by atoms with Gasteiger partial charge in [0.15, 0.2) is 23.2 Å². The van der Waals surface area contributed by atoms with E-state index in [1.165, 1.54) is 11.7 Å². The highest BCUT2D eigenvalue weighted by atomic mass is 19.4. The Balaban J connectivity index is 1.23. The van der Waals surface area contributed by atoms with E-state index in [4.69, 9.17) is 18.9 Å². The number of morpholine rings is 1. The number of benzene rings is 1. The standard InChI is InChI=1S/C24H19F5N4O5/c1-35-19-20(31-22(34)32-10-23-7-14(37-11-23)8-33(23)21(19)32)36-9-12-4-15(25)18(16(26)5-12)38-13-2-3-30-17(6-13)24(27,28)29/h2-6,14H,7-11H2,1H3/t14-,23+/m0/s1. The molecule has 1 aromatic carbocycles. The van der Waals surface area contributed by atoms with Gasteiger partial charge in [-0.2, -0.15) is 18.2 Å². The lowest BCUT2D eigenvalue weighted by Gasteiger charge is -2.32. The van der Waals surface area contributed by atoms with Crippen LogP contribution in [0.15, 0.2) is 35.3 Å². The second-order valence-electron chi connectivity index (χ2n) is 9.27. The number of halogens is 5. The molecule has 0 unspecified atom stereocenters. The number of rotatable bonds is 6. The third kappa shape index (κ3) is 3.90. The summed E-state index contributed by atoms with van der Waals surface area (Å²) in [6.45, 7) is 1.08. The molecule has 0 N–H and O–H groups in total. The van der Waals surface area contributed by atoms with Crippen molar-refractivity contribution in [1.82, 2.24) is 14.5 Å². The minimum Gasteiger partial charge on any atom is -0.489 e. The average molecular weight is 538 g/mol. The molecule has 3 aliphatic rings. The molecule has 38 heavy (non-hydrogen) atoms. The molecule has 2 saturated heterocycles. The van der Waals surface area contributed by atoms with E-state index in [2.05, 4.69) is 14.9 Å². The van der Waals surface area contributed by atoms with Gasteiger partial charge in [-0.1, -0.05) is 0 Å². The van der Waals surface area contributed by atoms with Crippen molar-refractivity contribution in [2.45, 2.75) is 37.4 Å². The lowest BCUT2D eigenvalue weighted by Crippen LogP contribution is -2.46. The summed E-state index contributed by atoms with van der Waals surface area (Å²) in [6, 6.07) is 3.38. The quantitative estimate of drug-likeness (QED) is 0.440. The molecule has 9 nitrogen and oxygen atoms in total. The number of anilines is 1. The Morgan fingerprint density at radius 3 is 2.63 bits per heavy atom. The molecule has 0 saturated carbocycles. The van der Waals surface area contributed by atoms with E-state index in [9.17, 15) is 26.7 Å². The highest BCUT2D eigenvalue weighted by Crippen LogP contribution is 2.51. The van der Waals surface area contributed by atoms with Gasteiger partial charge < -0.3 is 23.8 Å². The molecule has 3 aliphatic heterocycles. The third-order valence-electron chi connectivity index (χ3n) is 6.82. The number of ether oxygens (including phenoxy) is 4. The van der Waals surface area contributed by atoms with E-state index in [1.807, 2.05) is 0 Å². The second kappa shape index (κ2) is 8.55. The number of methoxy groups -OCH3 is 1. The number of hydrogen-bond acceptors (Lipinski definition) is 8. The molecule has 200 valence electrons. The van der Waals surface area contributed by atoms with Crippen LogP contribution in [0.3, 0.4) is 0 Å². The predicted molar refractivity (Wildman–Crippen MR) is 119 cm³/mol. The first-order chi connectivity index (χ1) is 18.1. The van der Waals surface area contributed by atoms with Gasteiger partial charge in [-0.15, -0.1) is 0 Å². The van der Waals surface area contributed by atoms with Crippen molar-refractivity contribution in [3.8, 4) is 23.1 Å². The van der Waals surface area contributed by atoms with Crippen LogP contribution >= 0.6 is 0 Å². The largest absolute Gasteiger partial charge is 0.489 e. The number of aromatic nitrogens is 3. The molecular formula is C24H19F5N4O5. The Bertz CT molecular complexity index is 1470. The zero-order valence-electron chi connectivity index (χ0n) is 19.7. The van der Waals surface area contributed by atoms with Crippen molar-refractivity contribution in [3.63, 3.8) is 0 Å². The third-order valence-corrected chi connectivity index (χ3v) is 6.82. The zero-order chi connectivity index (χ0) is 26.8. The van der Waals surface area contributed by atoms with Gasteiger partial charge in [0.2, 0.25) is 5.75 Å². The maximum atomic E-state index is 14.7. The molecule has 1 spiro atoms. The summed E-state index contributed by atoms with van der Waals surface area (Å²) in [5.74, 6) is -3.08. The molecule has 14 heteroatoms. The van der Waals surface area contributed by atoms with E-state index in [1.54, 1.807) is 0 Å². The SMILES string of the molecule is COc1c(OCc2cc(F)c(Oc3ccnc(C(F)(F)F)c3)c(F)c2)nc(=O)n2c1N1C[C@@H]3C[C@]1(CO3)C2. The summed E-state index contributed by atoms with van der Waals surface area (Å²) in [5, 5.41) is 0. The van der Waals surface area contributed by atoms with Crippen LogP contribution in [0.4, 0.5) is 27.8 Å². The molecule has 2 bridgehead atoms. The zero-order valence-corrected chi connectivity index (χ0v) is 19.7. The number of alkyl halides is 3. The molecule has 0 aliphatic carbocycles. The normalized spacial score (nSPS) is 21.4. The molecule has 6 rings (SSSR count). The molecule has 5 heterocycles. The highest BCUT2D eigenvalue weighted by molar-refractivity contribution is 5.64. The number of hydrogen-bond donors (Lipinski definition) is 0. The van der Waals surface area contributed by atoms with Gasteiger partial charge in [-0.05, 0) is 23.8 Å². The van der Waals surface area contributed by atoms with Crippen molar-refractivity contribution in [3.05, 3.63) is 63.8 Å². The molecule has 3 aromatic rings. The van der Waals surface area contributed by atoms with Gasteiger partial charge >= 0.3 is 11.9 Å². The fourth-order valence-electron chi connectivity index (χ4n) is 5.20. The van der Waals surface area contributed by atoms with Crippen LogP contribution in [0.2, 0.25) is 0 Å². The van der Waals surface area contributed by atoms with Crippen LogP contribution in [0.25, 0.3) is 0 Å². The minimum absolute atomic E-state index is 0.0209. The number of nitrogens with zero attached hydrogens (tertiary/aromatic N) is 4. The second-order valence-corrected chi connectivity index (χ2v) is 9.27. The van der Waals surface area contributed by atoms with Crippen molar-refractivity contribution in [1.29, 1.82) is 0 Å². The monoisotopic (exact) mass is 538 g/mol. The molecule has 2 fully saturated rings. The van der Waals surface area contributed by atoms with Crippen LogP contribution in [-0.4, -0.2) is 46.4 Å². The van der Waals surface area contributed by atoms with Gasteiger partial charge in [0.05, 0.1) is 31.9 Å². The first kappa shape index (κ1) is 24.4. The maximum absolute atomic E-state index is 14.7. The summed E-state index contributed by atoms with van der Waals surface area (Å²) in [7, 11) is 1.40. The summed E-state index contributed by atoms with van der Waals surface area (Å²) < 4.78 is 91.5. The molecule has 0 amide bonds. The Hall–Kier alpha value is -3.94. The fraction of sp³-hybridized carbons (Fsp3) is 0.375. The van der Waals surface area contributed by atoms with E-state index < -0.39 is 40.7 Å². The summed E-state index contributed by atoms with van der Waals surface area (Å²) >= 11 is 0. The van der Waals surface area contributed by atoms with Crippen LogP contribution in [0.1, 0.15) is 17.7 Å². The number of pyridine rings is 1. The minimum atomic E-state index is -4.75. The predicted octanol–water partition coefficient (Wildman–Crippen LogP) is 3.68. The summed E-state index contributed by atoms with van der Waals surface area (Å²) in [5.41, 5.74) is -2.15. The highest BCUT2D eigenvalue weighted by Gasteiger charge is 2.58. The molecule has 0 radical (unpaired) electrons. The van der Waals surface area contributed by atoms with E-state index in [0.717, 1.165) is 30.8 Å². The van der Waals surface area contributed by atoms with Gasteiger partial charge in [0.25, 0.3) is 5.88 Å². The van der Waals surface area contributed by atoms with Crippen molar-refractivity contribution in [2.24, 2.45) is 0 Å². The summed E-state index contributed by atoms with van der Waals surface area (Å²) in [4.78, 5) is 22.0. The lowest BCUT2D eigenvalue weighted by molar-refractivity contribution is -0.141. The maximum Gasteiger partial charge on any atom is 0.433 e. The van der Waals surface area contributed by atoms with E-state index in [0.29, 0.717) is 31.6 Å². The van der Waals surface area contributed by atoms with Gasteiger partial charge in [-0.3, -0.25) is 9.55 Å².